The minimum absolute atomic E-state index is 0.313. The molecular weight excluding hydrogens is 200 g/mol. The normalized spacial score (nSPS) is 25.6. The van der Waals surface area contributed by atoms with Gasteiger partial charge in [-0.2, -0.15) is 0 Å². The third-order valence-corrected chi connectivity index (χ3v) is 4.04. The highest BCUT2D eigenvalue weighted by Crippen LogP contribution is 2.24. The zero-order valence-corrected chi connectivity index (χ0v) is 10.4. The number of nitrogens with one attached hydrogen (secondary N) is 1. The highest BCUT2D eigenvalue weighted by Gasteiger charge is 2.24. The number of nitrogens with zero attached hydrogens (tertiary/aromatic N) is 1. The minimum Gasteiger partial charge on any atom is -0.353 e. The summed E-state index contributed by atoms with van der Waals surface area (Å²) in [6.07, 6.45) is 8.26. The lowest BCUT2D eigenvalue weighted by molar-refractivity contribution is -0.126. The molecule has 2 aliphatic rings. The number of amides is 1. The van der Waals surface area contributed by atoms with Gasteiger partial charge in [0.1, 0.15) is 0 Å². The van der Waals surface area contributed by atoms with Crippen LogP contribution in [0.25, 0.3) is 0 Å². The minimum atomic E-state index is 0.313. The van der Waals surface area contributed by atoms with Gasteiger partial charge in [-0.15, -0.1) is 0 Å². The van der Waals surface area contributed by atoms with E-state index in [4.69, 9.17) is 0 Å². The summed E-state index contributed by atoms with van der Waals surface area (Å²) in [6, 6.07) is 0.436. The Morgan fingerprint density at radius 2 is 1.69 bits per heavy atom. The zero-order chi connectivity index (χ0) is 11.4. The van der Waals surface area contributed by atoms with E-state index in [1.165, 1.54) is 19.3 Å². The third-order valence-electron chi connectivity index (χ3n) is 4.04. The summed E-state index contributed by atoms with van der Waals surface area (Å²) in [5, 5.41) is 3.24. The van der Waals surface area contributed by atoms with Gasteiger partial charge in [-0.25, -0.2) is 0 Å². The maximum atomic E-state index is 12.0. The van der Waals surface area contributed by atoms with E-state index in [1.54, 1.807) is 0 Å². The van der Waals surface area contributed by atoms with Crippen LogP contribution in [0.2, 0.25) is 0 Å². The highest BCUT2D eigenvalue weighted by molar-refractivity contribution is 5.79. The fourth-order valence-corrected chi connectivity index (χ4v) is 2.84. The third kappa shape index (κ3) is 3.21. The van der Waals surface area contributed by atoms with Crippen LogP contribution in [0, 0.1) is 5.92 Å². The summed E-state index contributed by atoms with van der Waals surface area (Å²) < 4.78 is 0. The summed E-state index contributed by atoms with van der Waals surface area (Å²) in [6.45, 7) is 2.24. The number of carbonyl (C=O) groups is 1. The van der Waals surface area contributed by atoms with Gasteiger partial charge in [0.25, 0.3) is 0 Å². The first kappa shape index (κ1) is 11.9. The molecule has 0 bridgehead atoms. The molecule has 1 heterocycles. The number of hydrogen-bond donors (Lipinski definition) is 1. The molecule has 0 aromatic carbocycles. The Balaban J connectivity index is 1.73. The van der Waals surface area contributed by atoms with Crippen molar-refractivity contribution in [2.45, 2.75) is 51.0 Å². The maximum Gasteiger partial charge on any atom is 0.223 e. The summed E-state index contributed by atoms with van der Waals surface area (Å²) >= 11 is 0. The van der Waals surface area contributed by atoms with Crippen molar-refractivity contribution in [1.29, 1.82) is 0 Å². The van der Waals surface area contributed by atoms with Crippen LogP contribution in [0.4, 0.5) is 0 Å². The summed E-state index contributed by atoms with van der Waals surface area (Å²) in [7, 11) is 2.15. The van der Waals surface area contributed by atoms with Gasteiger partial charge in [0.15, 0.2) is 0 Å². The molecule has 1 aliphatic carbocycles. The molecule has 3 heteroatoms. The van der Waals surface area contributed by atoms with Crippen LogP contribution in [0.1, 0.15) is 44.9 Å². The predicted molar refractivity (Wildman–Crippen MR) is 65.2 cm³/mol. The van der Waals surface area contributed by atoms with Gasteiger partial charge in [-0.3, -0.25) is 4.79 Å². The van der Waals surface area contributed by atoms with E-state index in [-0.39, 0.29) is 0 Å². The number of piperidine rings is 1. The molecule has 0 aromatic heterocycles. The van der Waals surface area contributed by atoms with E-state index < -0.39 is 0 Å². The first-order valence-electron chi connectivity index (χ1n) is 6.74. The van der Waals surface area contributed by atoms with E-state index in [0.29, 0.717) is 17.9 Å². The van der Waals surface area contributed by atoms with Crippen molar-refractivity contribution in [3.8, 4) is 0 Å². The lowest BCUT2D eigenvalue weighted by atomic mass is 9.88. The molecule has 1 saturated carbocycles. The molecule has 2 rings (SSSR count). The van der Waals surface area contributed by atoms with Crippen LogP contribution >= 0.6 is 0 Å². The Morgan fingerprint density at radius 1 is 1.06 bits per heavy atom. The maximum absolute atomic E-state index is 12.0. The average Bonchev–Trinajstić information content (AvgIpc) is 2.33. The lowest BCUT2D eigenvalue weighted by Crippen LogP contribution is -2.45. The van der Waals surface area contributed by atoms with Crippen LogP contribution in [0.5, 0.6) is 0 Å². The first-order chi connectivity index (χ1) is 7.75. The summed E-state index contributed by atoms with van der Waals surface area (Å²) in [4.78, 5) is 14.4. The Hall–Kier alpha value is -0.570. The average molecular weight is 224 g/mol. The van der Waals surface area contributed by atoms with Crippen LogP contribution < -0.4 is 5.32 Å². The molecule has 1 saturated heterocycles. The van der Waals surface area contributed by atoms with Crippen LogP contribution in [0.15, 0.2) is 0 Å². The van der Waals surface area contributed by atoms with E-state index in [1.807, 2.05) is 0 Å². The Kier molecular flexibility index (Phi) is 4.22. The van der Waals surface area contributed by atoms with Crippen LogP contribution in [0.3, 0.4) is 0 Å². The molecule has 0 atom stereocenters. The fourth-order valence-electron chi connectivity index (χ4n) is 2.84. The van der Waals surface area contributed by atoms with Gasteiger partial charge in [-0.1, -0.05) is 19.3 Å². The van der Waals surface area contributed by atoms with Gasteiger partial charge in [0.05, 0.1) is 0 Å². The Morgan fingerprint density at radius 3 is 2.31 bits per heavy atom. The number of likely N-dealkylation sites (tertiary alicyclic amines) is 1. The highest BCUT2D eigenvalue weighted by atomic mass is 16.1. The van der Waals surface area contributed by atoms with Crippen LogP contribution in [-0.2, 0) is 4.79 Å². The summed E-state index contributed by atoms with van der Waals surface area (Å²) in [5.41, 5.74) is 0. The monoisotopic (exact) mass is 224 g/mol. The standard InChI is InChI=1S/C13H24N2O/c1-15-9-7-12(8-10-15)14-13(16)11-5-3-2-4-6-11/h11-12H,2-10H2,1H3,(H,14,16). The van der Waals surface area contributed by atoms with Crippen molar-refractivity contribution in [1.82, 2.24) is 10.2 Å². The van der Waals surface area contributed by atoms with Crippen LogP contribution in [-0.4, -0.2) is 37.0 Å². The topological polar surface area (TPSA) is 32.3 Å². The van der Waals surface area contributed by atoms with Crippen molar-refractivity contribution >= 4 is 5.91 Å². The van der Waals surface area contributed by atoms with Gasteiger partial charge in [0.2, 0.25) is 5.91 Å². The quantitative estimate of drug-likeness (QED) is 0.775. The first-order valence-corrected chi connectivity index (χ1v) is 6.74. The number of carbonyl (C=O) groups excluding carboxylic acids is 1. The Bertz CT molecular complexity index is 228. The molecule has 0 unspecified atom stereocenters. The number of hydrogen-bond acceptors (Lipinski definition) is 2. The van der Waals surface area contributed by atoms with Crippen molar-refractivity contribution in [3.05, 3.63) is 0 Å². The van der Waals surface area contributed by atoms with Crippen molar-refractivity contribution in [2.24, 2.45) is 5.92 Å². The molecule has 0 spiro atoms. The zero-order valence-electron chi connectivity index (χ0n) is 10.4. The van der Waals surface area contributed by atoms with E-state index in [0.717, 1.165) is 38.8 Å². The summed E-state index contributed by atoms with van der Waals surface area (Å²) in [5.74, 6) is 0.641. The molecule has 1 aliphatic heterocycles. The smallest absolute Gasteiger partial charge is 0.223 e. The molecule has 92 valence electrons. The molecule has 0 aromatic rings. The van der Waals surface area contributed by atoms with E-state index in [2.05, 4.69) is 17.3 Å². The molecule has 0 radical (unpaired) electrons. The molecule has 16 heavy (non-hydrogen) atoms. The van der Waals surface area contributed by atoms with Gasteiger partial charge < -0.3 is 10.2 Å². The van der Waals surface area contributed by atoms with Crippen molar-refractivity contribution in [2.75, 3.05) is 20.1 Å². The predicted octanol–water partition coefficient (Wildman–Crippen LogP) is 1.78. The van der Waals surface area contributed by atoms with E-state index in [9.17, 15) is 4.79 Å². The molecular formula is C13H24N2O. The second-order valence-electron chi connectivity index (χ2n) is 5.42. The van der Waals surface area contributed by atoms with Gasteiger partial charge >= 0.3 is 0 Å². The molecule has 2 fully saturated rings. The largest absolute Gasteiger partial charge is 0.353 e. The second kappa shape index (κ2) is 5.67. The SMILES string of the molecule is CN1CCC(NC(=O)C2CCCCC2)CC1. The number of rotatable bonds is 2. The van der Waals surface area contributed by atoms with Gasteiger partial charge in [0, 0.05) is 12.0 Å². The Labute approximate surface area is 98.6 Å². The molecule has 3 nitrogen and oxygen atoms in total. The lowest BCUT2D eigenvalue weighted by Gasteiger charge is -2.31. The van der Waals surface area contributed by atoms with E-state index >= 15 is 0 Å². The van der Waals surface area contributed by atoms with Crippen molar-refractivity contribution < 1.29 is 4.79 Å². The molecule has 1 amide bonds. The second-order valence-corrected chi connectivity index (χ2v) is 5.42. The fraction of sp³-hybridized carbons (Fsp3) is 0.923. The van der Waals surface area contributed by atoms with Crippen molar-refractivity contribution in [3.63, 3.8) is 0 Å². The molecule has 1 N–H and O–H groups in total. The van der Waals surface area contributed by atoms with Gasteiger partial charge in [-0.05, 0) is 45.8 Å².